The summed E-state index contributed by atoms with van der Waals surface area (Å²) >= 11 is 1.33. The van der Waals surface area contributed by atoms with Gasteiger partial charge in [0.25, 0.3) is 5.91 Å². The molecular weight excluding hydrogens is 342 g/mol. The van der Waals surface area contributed by atoms with Crippen LogP contribution in [0.3, 0.4) is 0 Å². The van der Waals surface area contributed by atoms with Gasteiger partial charge in [-0.1, -0.05) is 13.8 Å². The molecule has 7 nitrogen and oxygen atoms in total. The number of fused-ring (bicyclic) bond motifs is 1. The Hall–Kier alpha value is -1.93. The van der Waals surface area contributed by atoms with E-state index in [9.17, 15) is 14.7 Å². The van der Waals surface area contributed by atoms with Gasteiger partial charge in [-0.25, -0.2) is 4.79 Å². The van der Waals surface area contributed by atoms with Crippen LogP contribution in [0.5, 0.6) is 0 Å². The van der Waals surface area contributed by atoms with Gasteiger partial charge in [0.2, 0.25) is 0 Å². The van der Waals surface area contributed by atoms with E-state index in [-0.39, 0.29) is 17.7 Å². The monoisotopic (exact) mass is 365 g/mol. The first-order chi connectivity index (χ1) is 11.9. The zero-order valence-corrected chi connectivity index (χ0v) is 15.4. The molecule has 136 valence electrons. The van der Waals surface area contributed by atoms with Gasteiger partial charge < -0.3 is 15.2 Å². The van der Waals surface area contributed by atoms with E-state index in [1.165, 1.54) is 11.3 Å². The maximum absolute atomic E-state index is 12.6. The van der Waals surface area contributed by atoms with Crippen molar-refractivity contribution in [2.24, 2.45) is 13.0 Å². The summed E-state index contributed by atoms with van der Waals surface area (Å²) < 4.78 is 7.14. The number of nitrogens with zero attached hydrogens (tertiary/aromatic N) is 2. The molecule has 0 aliphatic carbocycles. The van der Waals surface area contributed by atoms with Gasteiger partial charge in [-0.15, -0.1) is 11.3 Å². The van der Waals surface area contributed by atoms with Crippen molar-refractivity contribution >= 4 is 33.4 Å². The van der Waals surface area contributed by atoms with Crippen molar-refractivity contribution in [3.05, 3.63) is 16.6 Å². The summed E-state index contributed by atoms with van der Waals surface area (Å²) in [6.07, 6.45) is 1.56. The Morgan fingerprint density at radius 1 is 1.48 bits per heavy atom. The minimum absolute atomic E-state index is 0.197. The minimum Gasteiger partial charge on any atom is -0.480 e. The molecule has 2 N–H and O–H groups in total. The lowest BCUT2D eigenvalue weighted by atomic mass is 9.93. The zero-order chi connectivity index (χ0) is 18.1. The quantitative estimate of drug-likeness (QED) is 0.848. The number of carbonyl (C=O) groups is 2. The van der Waals surface area contributed by atoms with Crippen molar-refractivity contribution in [2.75, 3.05) is 13.2 Å². The number of nitrogens with one attached hydrogen (secondary N) is 1. The van der Waals surface area contributed by atoms with E-state index < -0.39 is 12.0 Å². The third-order valence-electron chi connectivity index (χ3n) is 4.53. The van der Waals surface area contributed by atoms with Crippen molar-refractivity contribution in [3.8, 4) is 0 Å². The van der Waals surface area contributed by atoms with E-state index in [0.29, 0.717) is 18.1 Å². The van der Waals surface area contributed by atoms with Crippen LogP contribution < -0.4 is 5.32 Å². The molecule has 3 rings (SSSR count). The van der Waals surface area contributed by atoms with Gasteiger partial charge in [0, 0.05) is 25.0 Å². The predicted molar refractivity (Wildman–Crippen MR) is 95.1 cm³/mol. The summed E-state index contributed by atoms with van der Waals surface area (Å²) in [5.41, 5.74) is 0.947. The number of hydrogen-bond acceptors (Lipinski definition) is 5. The van der Waals surface area contributed by atoms with Crippen molar-refractivity contribution < 1.29 is 19.4 Å². The molecule has 25 heavy (non-hydrogen) atoms. The molecule has 8 heteroatoms. The lowest BCUT2D eigenvalue weighted by molar-refractivity contribution is -0.142. The second-order valence-electron chi connectivity index (χ2n) is 6.76. The van der Waals surface area contributed by atoms with Crippen LogP contribution in [0.2, 0.25) is 0 Å². The fourth-order valence-electron chi connectivity index (χ4n) is 3.23. The molecule has 2 atom stereocenters. The summed E-state index contributed by atoms with van der Waals surface area (Å²) in [7, 11) is 1.85. The van der Waals surface area contributed by atoms with Gasteiger partial charge in [0.15, 0.2) is 0 Å². The lowest BCUT2D eigenvalue weighted by Gasteiger charge is -2.27. The molecule has 1 fully saturated rings. The number of carbonyl (C=O) groups excluding carboxylic acids is 1. The largest absolute Gasteiger partial charge is 0.480 e. The van der Waals surface area contributed by atoms with Crippen LogP contribution in [0.25, 0.3) is 10.2 Å². The Bertz CT molecular complexity index is 789. The molecular formula is C17H23N3O4S. The fraction of sp³-hybridized carbons (Fsp3) is 0.588. The van der Waals surface area contributed by atoms with E-state index in [0.717, 1.165) is 28.8 Å². The second kappa shape index (κ2) is 7.13. The maximum atomic E-state index is 12.6. The van der Waals surface area contributed by atoms with E-state index in [2.05, 4.69) is 24.3 Å². The van der Waals surface area contributed by atoms with Crippen molar-refractivity contribution in [3.63, 3.8) is 0 Å². The Balaban J connectivity index is 1.83. The van der Waals surface area contributed by atoms with Crippen molar-refractivity contribution in [2.45, 2.75) is 38.6 Å². The molecule has 0 aromatic carbocycles. The first-order valence-corrected chi connectivity index (χ1v) is 9.28. The predicted octanol–water partition coefficient (Wildman–Crippen LogP) is 2.37. The number of amides is 1. The van der Waals surface area contributed by atoms with Gasteiger partial charge in [-0.2, -0.15) is 5.10 Å². The fourth-order valence-corrected chi connectivity index (χ4v) is 4.21. The molecule has 1 amide bonds. The van der Waals surface area contributed by atoms with Crippen LogP contribution in [-0.2, 0) is 16.6 Å². The molecule has 0 spiro atoms. The van der Waals surface area contributed by atoms with Crippen LogP contribution in [-0.4, -0.2) is 46.0 Å². The third kappa shape index (κ3) is 3.55. The first kappa shape index (κ1) is 17.9. The average molecular weight is 365 g/mol. The summed E-state index contributed by atoms with van der Waals surface area (Å²) in [4.78, 5) is 25.7. The summed E-state index contributed by atoms with van der Waals surface area (Å²) in [5.74, 6) is -1.32. The number of aromatic nitrogens is 2. The normalized spacial score (nSPS) is 19.3. The Labute approximate surface area is 150 Å². The Kier molecular flexibility index (Phi) is 5.10. The zero-order valence-electron chi connectivity index (χ0n) is 14.6. The molecule has 3 heterocycles. The molecule has 1 aliphatic rings. The number of carboxylic acids is 1. The number of aryl methyl sites for hydroxylation is 1. The van der Waals surface area contributed by atoms with Crippen LogP contribution in [0.4, 0.5) is 0 Å². The third-order valence-corrected chi connectivity index (χ3v) is 5.73. The summed E-state index contributed by atoms with van der Waals surface area (Å²) in [5, 5.41) is 17.6. The molecule has 0 radical (unpaired) electrons. The number of hydrogen-bond donors (Lipinski definition) is 2. The van der Waals surface area contributed by atoms with Crippen LogP contribution >= 0.6 is 11.3 Å². The topological polar surface area (TPSA) is 93.5 Å². The number of rotatable bonds is 5. The van der Waals surface area contributed by atoms with E-state index >= 15 is 0 Å². The first-order valence-electron chi connectivity index (χ1n) is 8.46. The molecule has 2 unspecified atom stereocenters. The summed E-state index contributed by atoms with van der Waals surface area (Å²) in [6.45, 7) is 5.13. The smallest absolute Gasteiger partial charge is 0.326 e. The molecule has 2 aromatic rings. The van der Waals surface area contributed by atoms with Gasteiger partial charge in [0.1, 0.15) is 10.9 Å². The van der Waals surface area contributed by atoms with Crippen LogP contribution in [0, 0.1) is 5.92 Å². The van der Waals surface area contributed by atoms with E-state index in [4.69, 9.17) is 4.74 Å². The number of ether oxygens (including phenoxy) is 1. The van der Waals surface area contributed by atoms with E-state index in [1.807, 2.05) is 13.1 Å². The van der Waals surface area contributed by atoms with Crippen molar-refractivity contribution in [1.29, 1.82) is 0 Å². The number of thiophene rings is 1. The average Bonchev–Trinajstić information content (AvgIpc) is 3.14. The highest BCUT2D eigenvalue weighted by Gasteiger charge is 2.32. The molecule has 1 aliphatic heterocycles. The van der Waals surface area contributed by atoms with Crippen LogP contribution in [0.15, 0.2) is 6.07 Å². The van der Waals surface area contributed by atoms with Gasteiger partial charge in [-0.05, 0) is 24.8 Å². The maximum Gasteiger partial charge on any atom is 0.326 e. The Morgan fingerprint density at radius 3 is 2.84 bits per heavy atom. The minimum atomic E-state index is -1.02. The van der Waals surface area contributed by atoms with E-state index in [1.54, 1.807) is 4.68 Å². The standard InChI is InChI=1S/C17H23N3O4S/c1-9(2)13-11-7-12(25-16(11)20(3)19-13)15(21)18-14(17(22)23)10-5-4-6-24-8-10/h7,9-10,14H,4-6,8H2,1-3H3,(H,18,21)(H,22,23). The van der Waals surface area contributed by atoms with Gasteiger partial charge in [0.05, 0.1) is 17.2 Å². The Morgan fingerprint density at radius 2 is 2.24 bits per heavy atom. The summed E-state index contributed by atoms with van der Waals surface area (Å²) in [6, 6.07) is 0.884. The highest BCUT2D eigenvalue weighted by molar-refractivity contribution is 7.20. The highest BCUT2D eigenvalue weighted by atomic mass is 32.1. The number of aliphatic carboxylic acids is 1. The molecule has 0 bridgehead atoms. The molecule has 2 aromatic heterocycles. The second-order valence-corrected chi connectivity index (χ2v) is 7.79. The van der Waals surface area contributed by atoms with Crippen molar-refractivity contribution in [1.82, 2.24) is 15.1 Å². The van der Waals surface area contributed by atoms with Gasteiger partial charge >= 0.3 is 5.97 Å². The lowest BCUT2D eigenvalue weighted by Crippen LogP contribution is -2.48. The van der Waals surface area contributed by atoms with Crippen LogP contribution in [0.1, 0.15) is 48.0 Å². The van der Waals surface area contributed by atoms with Gasteiger partial charge in [-0.3, -0.25) is 9.48 Å². The number of carboxylic acid groups (broad SMARTS) is 1. The molecule has 0 saturated carbocycles. The highest BCUT2D eigenvalue weighted by Crippen LogP contribution is 2.31. The molecule has 1 saturated heterocycles. The SMILES string of the molecule is CC(C)c1nn(C)c2sc(C(=O)NC(C(=O)O)C3CCCOC3)cc12.